The molecule has 0 bridgehead atoms. The predicted octanol–water partition coefficient (Wildman–Crippen LogP) is 1.43. The molecular weight excluding hydrogens is 330 g/mol. The summed E-state index contributed by atoms with van der Waals surface area (Å²) in [5, 5.41) is 2.95. The van der Waals surface area contributed by atoms with Gasteiger partial charge in [0.2, 0.25) is 5.91 Å². The number of morpholine rings is 1. The number of hydrogen-bond acceptors (Lipinski definition) is 4. The highest BCUT2D eigenvalue weighted by Crippen LogP contribution is 2.29. The van der Waals surface area contributed by atoms with Crippen molar-refractivity contribution in [3.8, 4) is 0 Å². The van der Waals surface area contributed by atoms with E-state index in [-0.39, 0.29) is 17.9 Å². The summed E-state index contributed by atoms with van der Waals surface area (Å²) < 4.78 is 5.41. The summed E-state index contributed by atoms with van der Waals surface area (Å²) in [5.41, 5.74) is 1.66. The number of rotatable bonds is 4. The van der Waals surface area contributed by atoms with Crippen molar-refractivity contribution in [2.45, 2.75) is 25.3 Å². The van der Waals surface area contributed by atoms with Crippen LogP contribution in [0.2, 0.25) is 0 Å². The monoisotopic (exact) mass is 357 g/mol. The van der Waals surface area contributed by atoms with Gasteiger partial charge in [0, 0.05) is 38.3 Å². The molecule has 1 aromatic carbocycles. The molecule has 4 rings (SSSR count). The van der Waals surface area contributed by atoms with E-state index < -0.39 is 0 Å². The van der Waals surface area contributed by atoms with E-state index in [1.54, 1.807) is 0 Å². The highest BCUT2D eigenvalue weighted by molar-refractivity contribution is 5.99. The molecule has 6 heteroatoms. The maximum atomic E-state index is 12.7. The van der Waals surface area contributed by atoms with Crippen molar-refractivity contribution in [2.75, 3.05) is 45.9 Å². The van der Waals surface area contributed by atoms with Gasteiger partial charge in [-0.25, -0.2) is 0 Å². The van der Waals surface area contributed by atoms with Crippen LogP contribution in [0.25, 0.3) is 0 Å². The van der Waals surface area contributed by atoms with Crippen LogP contribution in [0.5, 0.6) is 0 Å². The molecule has 0 saturated carbocycles. The van der Waals surface area contributed by atoms with Crippen molar-refractivity contribution in [3.05, 3.63) is 35.4 Å². The zero-order valence-corrected chi connectivity index (χ0v) is 15.2. The van der Waals surface area contributed by atoms with Gasteiger partial charge < -0.3 is 15.0 Å². The normalized spacial score (nSPS) is 24.4. The average Bonchev–Trinajstić information content (AvgIpc) is 2.99. The van der Waals surface area contributed by atoms with Gasteiger partial charge >= 0.3 is 0 Å². The van der Waals surface area contributed by atoms with Gasteiger partial charge in [-0.15, -0.1) is 0 Å². The van der Waals surface area contributed by atoms with Crippen LogP contribution in [0, 0.1) is 5.92 Å². The van der Waals surface area contributed by atoms with Gasteiger partial charge in [0.15, 0.2) is 0 Å². The third kappa shape index (κ3) is 3.76. The second kappa shape index (κ2) is 7.76. The fraction of sp³-hybridized carbons (Fsp3) is 0.600. The van der Waals surface area contributed by atoms with Crippen molar-refractivity contribution < 1.29 is 14.3 Å². The van der Waals surface area contributed by atoms with Crippen LogP contribution >= 0.6 is 0 Å². The van der Waals surface area contributed by atoms with E-state index in [4.69, 9.17) is 4.74 Å². The number of piperidine rings is 1. The lowest BCUT2D eigenvalue weighted by atomic mass is 9.95. The first-order chi connectivity index (χ1) is 12.7. The van der Waals surface area contributed by atoms with Crippen LogP contribution in [0.3, 0.4) is 0 Å². The molecule has 2 fully saturated rings. The van der Waals surface area contributed by atoms with Crippen LogP contribution in [-0.2, 0) is 9.53 Å². The number of nitrogens with one attached hydrogen (secondary N) is 1. The Morgan fingerprint density at radius 2 is 1.85 bits per heavy atom. The lowest BCUT2D eigenvalue weighted by Crippen LogP contribution is -2.44. The number of hydrogen-bond donors (Lipinski definition) is 1. The zero-order chi connectivity index (χ0) is 17.9. The summed E-state index contributed by atoms with van der Waals surface area (Å²) in [4.78, 5) is 29.2. The fourth-order valence-electron chi connectivity index (χ4n) is 4.30. The van der Waals surface area contributed by atoms with Crippen molar-refractivity contribution in [1.29, 1.82) is 0 Å². The molecular formula is C20H27N3O3. The summed E-state index contributed by atoms with van der Waals surface area (Å²) in [7, 11) is 0. The van der Waals surface area contributed by atoms with E-state index in [1.165, 1.54) is 0 Å². The van der Waals surface area contributed by atoms with E-state index in [9.17, 15) is 9.59 Å². The minimum absolute atomic E-state index is 0.0670. The van der Waals surface area contributed by atoms with Crippen molar-refractivity contribution >= 4 is 11.8 Å². The molecule has 1 atom stereocenters. The lowest BCUT2D eigenvalue weighted by Gasteiger charge is -2.36. The number of carbonyl (C=O) groups is 2. The number of carbonyl (C=O) groups excluding carboxylic acids is 2. The Bertz CT molecular complexity index is 664. The van der Waals surface area contributed by atoms with Gasteiger partial charge in [0.1, 0.15) is 0 Å². The van der Waals surface area contributed by atoms with Crippen LogP contribution < -0.4 is 5.32 Å². The van der Waals surface area contributed by atoms with E-state index in [0.29, 0.717) is 17.9 Å². The summed E-state index contributed by atoms with van der Waals surface area (Å²) in [6.45, 7) is 6.52. The molecule has 0 aliphatic carbocycles. The van der Waals surface area contributed by atoms with Gasteiger partial charge in [0.25, 0.3) is 5.91 Å². The maximum Gasteiger partial charge on any atom is 0.252 e. The third-order valence-electron chi connectivity index (χ3n) is 5.85. The van der Waals surface area contributed by atoms with Gasteiger partial charge in [-0.05, 0) is 30.4 Å². The smallest absolute Gasteiger partial charge is 0.252 e. The zero-order valence-electron chi connectivity index (χ0n) is 15.2. The minimum Gasteiger partial charge on any atom is -0.379 e. The molecule has 0 aromatic heterocycles. The number of nitrogens with zero attached hydrogens (tertiary/aromatic N) is 2. The maximum absolute atomic E-state index is 12.7. The SMILES string of the molecule is O=C1N[C@@H](CC(=O)N2CCC(CN3CCOCC3)CC2)c2ccccc21. The number of ether oxygens (including phenoxy) is 1. The van der Waals surface area contributed by atoms with E-state index in [1.807, 2.05) is 29.2 Å². The second-order valence-corrected chi connectivity index (χ2v) is 7.55. The largest absolute Gasteiger partial charge is 0.379 e. The Labute approximate surface area is 154 Å². The van der Waals surface area contributed by atoms with Crippen LogP contribution in [0.15, 0.2) is 24.3 Å². The van der Waals surface area contributed by atoms with E-state index in [2.05, 4.69) is 10.2 Å². The van der Waals surface area contributed by atoms with Crippen molar-refractivity contribution in [3.63, 3.8) is 0 Å². The highest BCUT2D eigenvalue weighted by atomic mass is 16.5. The van der Waals surface area contributed by atoms with Crippen molar-refractivity contribution in [1.82, 2.24) is 15.1 Å². The molecule has 2 amide bonds. The summed E-state index contributed by atoms with van der Waals surface area (Å²) in [6.07, 6.45) is 2.49. The Kier molecular flexibility index (Phi) is 5.22. The van der Waals surface area contributed by atoms with Gasteiger partial charge in [0.05, 0.1) is 25.7 Å². The first kappa shape index (κ1) is 17.5. The summed E-state index contributed by atoms with van der Waals surface area (Å²) in [5.74, 6) is 0.753. The van der Waals surface area contributed by atoms with Crippen LogP contribution in [0.1, 0.15) is 41.2 Å². The molecule has 0 unspecified atom stereocenters. The Balaban J connectivity index is 1.27. The minimum atomic E-state index is -0.183. The molecule has 0 radical (unpaired) electrons. The molecule has 1 N–H and O–H groups in total. The molecule has 2 saturated heterocycles. The lowest BCUT2D eigenvalue weighted by molar-refractivity contribution is -0.133. The Morgan fingerprint density at radius 3 is 2.62 bits per heavy atom. The number of benzene rings is 1. The number of likely N-dealkylation sites (tertiary alicyclic amines) is 1. The number of fused-ring (bicyclic) bond motifs is 1. The Morgan fingerprint density at radius 1 is 1.12 bits per heavy atom. The molecule has 6 nitrogen and oxygen atoms in total. The first-order valence-corrected chi connectivity index (χ1v) is 9.68. The molecule has 0 spiro atoms. The fourth-order valence-corrected chi connectivity index (χ4v) is 4.30. The third-order valence-corrected chi connectivity index (χ3v) is 5.85. The Hall–Kier alpha value is -1.92. The van der Waals surface area contributed by atoms with Crippen LogP contribution in [0.4, 0.5) is 0 Å². The van der Waals surface area contributed by atoms with E-state index in [0.717, 1.165) is 64.3 Å². The predicted molar refractivity (Wildman–Crippen MR) is 97.8 cm³/mol. The van der Waals surface area contributed by atoms with Gasteiger partial charge in [-0.2, -0.15) is 0 Å². The molecule has 3 heterocycles. The molecule has 26 heavy (non-hydrogen) atoms. The van der Waals surface area contributed by atoms with E-state index >= 15 is 0 Å². The van der Waals surface area contributed by atoms with Crippen LogP contribution in [-0.4, -0.2) is 67.6 Å². The van der Waals surface area contributed by atoms with Crippen molar-refractivity contribution in [2.24, 2.45) is 5.92 Å². The second-order valence-electron chi connectivity index (χ2n) is 7.55. The molecule has 1 aromatic rings. The topological polar surface area (TPSA) is 61.9 Å². The molecule has 3 aliphatic rings. The summed E-state index contributed by atoms with van der Waals surface area (Å²) >= 11 is 0. The quantitative estimate of drug-likeness (QED) is 0.886. The molecule has 3 aliphatic heterocycles. The van der Waals surface area contributed by atoms with Gasteiger partial charge in [-0.1, -0.05) is 18.2 Å². The number of amides is 2. The first-order valence-electron chi connectivity index (χ1n) is 9.68. The highest BCUT2D eigenvalue weighted by Gasteiger charge is 2.32. The summed E-state index contributed by atoms with van der Waals surface area (Å²) in [6, 6.07) is 7.37. The standard InChI is InChI=1S/C20H27N3O3/c24-19(13-18-16-3-1-2-4-17(16)20(25)21-18)23-7-5-15(6-8-23)14-22-9-11-26-12-10-22/h1-4,15,18H,5-14H2,(H,21,25)/t18-/m0/s1. The van der Waals surface area contributed by atoms with Gasteiger partial charge in [-0.3, -0.25) is 14.5 Å². The average molecular weight is 357 g/mol. The molecule has 140 valence electrons.